The van der Waals surface area contributed by atoms with Gasteiger partial charge in [-0.25, -0.2) is 0 Å². The summed E-state index contributed by atoms with van der Waals surface area (Å²) in [5.74, 6) is 0. The van der Waals surface area contributed by atoms with Gasteiger partial charge in [-0.2, -0.15) is 0 Å². The van der Waals surface area contributed by atoms with Crippen molar-refractivity contribution in [2.24, 2.45) is 0 Å². The standard InChI is InChI=1S/C18H22OS/c1-13(19)14-5-9-16(10-6-14)20-17-11-7-15(8-12-17)18(2,3)4/h5-13,19H,1-4H3/t13-/m0/s1. The van der Waals surface area contributed by atoms with Gasteiger partial charge >= 0.3 is 0 Å². The molecule has 0 amide bonds. The maximum atomic E-state index is 9.50. The zero-order chi connectivity index (χ0) is 14.8. The topological polar surface area (TPSA) is 20.2 Å². The van der Waals surface area contributed by atoms with Gasteiger partial charge in [-0.1, -0.05) is 56.8 Å². The van der Waals surface area contributed by atoms with Crippen molar-refractivity contribution >= 4 is 11.8 Å². The Labute approximate surface area is 126 Å². The zero-order valence-electron chi connectivity index (χ0n) is 12.6. The molecule has 0 aliphatic heterocycles. The number of aliphatic hydroxyl groups is 1. The summed E-state index contributed by atoms with van der Waals surface area (Å²) in [5.41, 5.74) is 2.51. The van der Waals surface area contributed by atoms with Crippen LogP contribution in [0.3, 0.4) is 0 Å². The molecule has 1 atom stereocenters. The van der Waals surface area contributed by atoms with Crippen LogP contribution in [0.4, 0.5) is 0 Å². The third-order valence-corrected chi connectivity index (χ3v) is 4.33. The molecule has 0 aliphatic carbocycles. The third-order valence-electron chi connectivity index (χ3n) is 3.32. The van der Waals surface area contributed by atoms with Gasteiger partial charge in [0.2, 0.25) is 0 Å². The molecule has 0 spiro atoms. The molecule has 0 heterocycles. The molecule has 0 bridgehead atoms. The second-order valence-electron chi connectivity index (χ2n) is 6.12. The first-order chi connectivity index (χ1) is 9.36. The van der Waals surface area contributed by atoms with Gasteiger partial charge in [-0.05, 0) is 47.7 Å². The fourth-order valence-electron chi connectivity index (χ4n) is 1.97. The monoisotopic (exact) mass is 286 g/mol. The van der Waals surface area contributed by atoms with E-state index in [-0.39, 0.29) is 5.41 Å². The van der Waals surface area contributed by atoms with Gasteiger partial charge in [-0.3, -0.25) is 0 Å². The summed E-state index contributed by atoms with van der Waals surface area (Å²) in [5, 5.41) is 9.50. The molecule has 0 aliphatic rings. The molecule has 0 saturated carbocycles. The summed E-state index contributed by atoms with van der Waals surface area (Å²) in [7, 11) is 0. The fourth-order valence-corrected chi connectivity index (χ4v) is 2.79. The summed E-state index contributed by atoms with van der Waals surface area (Å²) >= 11 is 1.75. The van der Waals surface area contributed by atoms with Crippen molar-refractivity contribution in [2.75, 3.05) is 0 Å². The van der Waals surface area contributed by atoms with E-state index in [1.165, 1.54) is 15.4 Å². The van der Waals surface area contributed by atoms with Crippen molar-refractivity contribution < 1.29 is 5.11 Å². The molecular formula is C18H22OS. The number of rotatable bonds is 3. The maximum Gasteiger partial charge on any atom is 0.0761 e. The summed E-state index contributed by atoms with van der Waals surface area (Å²) in [6.07, 6.45) is -0.403. The molecule has 0 radical (unpaired) electrons. The zero-order valence-corrected chi connectivity index (χ0v) is 13.4. The highest BCUT2D eigenvalue weighted by atomic mass is 32.2. The first-order valence-corrected chi connectivity index (χ1v) is 7.74. The average molecular weight is 286 g/mol. The molecule has 0 unspecified atom stereocenters. The van der Waals surface area contributed by atoms with Crippen LogP contribution >= 0.6 is 11.8 Å². The molecule has 0 aromatic heterocycles. The van der Waals surface area contributed by atoms with Crippen molar-refractivity contribution in [1.82, 2.24) is 0 Å². The SMILES string of the molecule is C[C@H](O)c1ccc(Sc2ccc(C(C)(C)C)cc2)cc1. The van der Waals surface area contributed by atoms with E-state index in [0.717, 1.165) is 5.56 Å². The molecule has 2 heteroatoms. The summed E-state index contributed by atoms with van der Waals surface area (Å²) in [4.78, 5) is 2.43. The van der Waals surface area contributed by atoms with E-state index in [1.54, 1.807) is 18.7 Å². The van der Waals surface area contributed by atoms with E-state index in [1.807, 2.05) is 12.1 Å². The molecule has 1 nitrogen and oxygen atoms in total. The minimum atomic E-state index is -0.403. The second kappa shape index (κ2) is 6.02. The van der Waals surface area contributed by atoms with Crippen molar-refractivity contribution in [3.8, 4) is 0 Å². The van der Waals surface area contributed by atoms with Crippen LogP contribution in [-0.2, 0) is 5.41 Å². The molecule has 1 N–H and O–H groups in total. The van der Waals surface area contributed by atoms with Gasteiger partial charge in [0.15, 0.2) is 0 Å². The molecule has 0 fully saturated rings. The summed E-state index contributed by atoms with van der Waals surface area (Å²) in [6.45, 7) is 8.46. The Kier molecular flexibility index (Phi) is 4.56. The lowest BCUT2D eigenvalue weighted by Gasteiger charge is -2.19. The lowest BCUT2D eigenvalue weighted by Crippen LogP contribution is -2.10. The number of benzene rings is 2. The van der Waals surface area contributed by atoms with E-state index in [0.29, 0.717) is 0 Å². The van der Waals surface area contributed by atoms with Crippen LogP contribution in [0.15, 0.2) is 58.3 Å². The minimum absolute atomic E-state index is 0.197. The van der Waals surface area contributed by atoms with E-state index < -0.39 is 6.10 Å². The molecule has 2 aromatic carbocycles. The van der Waals surface area contributed by atoms with E-state index in [9.17, 15) is 5.11 Å². The fraction of sp³-hybridized carbons (Fsp3) is 0.333. The highest BCUT2D eigenvalue weighted by Gasteiger charge is 2.12. The lowest BCUT2D eigenvalue weighted by molar-refractivity contribution is 0.199. The van der Waals surface area contributed by atoms with E-state index >= 15 is 0 Å². The van der Waals surface area contributed by atoms with Crippen LogP contribution < -0.4 is 0 Å². The van der Waals surface area contributed by atoms with Crippen LogP contribution in [0.2, 0.25) is 0 Å². The highest BCUT2D eigenvalue weighted by Crippen LogP contribution is 2.30. The van der Waals surface area contributed by atoms with Crippen LogP contribution in [0, 0.1) is 0 Å². The van der Waals surface area contributed by atoms with Gasteiger partial charge in [-0.15, -0.1) is 0 Å². The van der Waals surface area contributed by atoms with Crippen molar-refractivity contribution in [1.29, 1.82) is 0 Å². The molecular weight excluding hydrogens is 264 g/mol. The Morgan fingerprint density at radius 2 is 1.30 bits per heavy atom. The smallest absolute Gasteiger partial charge is 0.0761 e. The first kappa shape index (κ1) is 15.1. The number of aliphatic hydroxyl groups excluding tert-OH is 1. The Morgan fingerprint density at radius 3 is 1.70 bits per heavy atom. The molecule has 20 heavy (non-hydrogen) atoms. The summed E-state index contributed by atoms with van der Waals surface area (Å²) < 4.78 is 0. The number of hydrogen-bond donors (Lipinski definition) is 1. The van der Waals surface area contributed by atoms with Crippen LogP contribution in [0.1, 0.15) is 44.9 Å². The van der Waals surface area contributed by atoms with Crippen LogP contribution in [-0.4, -0.2) is 5.11 Å². The molecule has 2 aromatic rings. The predicted octanol–water partition coefficient (Wildman–Crippen LogP) is 5.19. The van der Waals surface area contributed by atoms with E-state index in [4.69, 9.17) is 0 Å². The van der Waals surface area contributed by atoms with Crippen LogP contribution in [0.25, 0.3) is 0 Å². The Bertz CT molecular complexity index is 547. The molecule has 0 saturated heterocycles. The van der Waals surface area contributed by atoms with Gasteiger partial charge in [0.1, 0.15) is 0 Å². The maximum absolute atomic E-state index is 9.50. The Morgan fingerprint density at radius 1 is 0.850 bits per heavy atom. The second-order valence-corrected chi connectivity index (χ2v) is 7.27. The van der Waals surface area contributed by atoms with E-state index in [2.05, 4.69) is 57.2 Å². The van der Waals surface area contributed by atoms with Crippen LogP contribution in [0.5, 0.6) is 0 Å². The highest BCUT2D eigenvalue weighted by molar-refractivity contribution is 7.99. The molecule has 2 rings (SSSR count). The Balaban J connectivity index is 2.10. The van der Waals surface area contributed by atoms with Gasteiger partial charge in [0.05, 0.1) is 6.10 Å². The Hall–Kier alpha value is -1.25. The van der Waals surface area contributed by atoms with Gasteiger partial charge < -0.3 is 5.11 Å². The first-order valence-electron chi connectivity index (χ1n) is 6.93. The predicted molar refractivity (Wildman–Crippen MR) is 86.3 cm³/mol. The third kappa shape index (κ3) is 3.87. The van der Waals surface area contributed by atoms with Crippen molar-refractivity contribution in [2.45, 2.75) is 49.0 Å². The van der Waals surface area contributed by atoms with Gasteiger partial charge in [0.25, 0.3) is 0 Å². The van der Waals surface area contributed by atoms with Crippen molar-refractivity contribution in [3.05, 3.63) is 59.7 Å². The van der Waals surface area contributed by atoms with Gasteiger partial charge in [0, 0.05) is 9.79 Å². The minimum Gasteiger partial charge on any atom is -0.389 e. The quantitative estimate of drug-likeness (QED) is 0.838. The normalized spacial score (nSPS) is 13.2. The number of hydrogen-bond acceptors (Lipinski definition) is 2. The lowest BCUT2D eigenvalue weighted by atomic mass is 9.87. The summed E-state index contributed by atoms with van der Waals surface area (Å²) in [6, 6.07) is 16.8. The van der Waals surface area contributed by atoms with Crippen molar-refractivity contribution in [3.63, 3.8) is 0 Å². The largest absolute Gasteiger partial charge is 0.389 e. The molecule has 106 valence electrons. The average Bonchev–Trinajstić information content (AvgIpc) is 2.39.